The minimum atomic E-state index is -4.57. The molecule has 1 amide bonds. The Morgan fingerprint density at radius 1 is 1.52 bits per heavy atom. The van der Waals surface area contributed by atoms with Gasteiger partial charge in [0.15, 0.2) is 5.69 Å². The molecule has 116 valence electrons. The van der Waals surface area contributed by atoms with Gasteiger partial charge in [-0.05, 0) is 25.8 Å². The quantitative estimate of drug-likeness (QED) is 0.891. The Morgan fingerprint density at radius 2 is 2.14 bits per heavy atom. The molecule has 0 radical (unpaired) electrons. The normalized spacial score (nSPS) is 16.6. The third kappa shape index (κ3) is 3.53. The number of nitrogens with zero attached hydrogens (tertiary/aromatic N) is 3. The molecule has 1 fully saturated rings. The number of aliphatic carboxylic acids is 1. The van der Waals surface area contributed by atoms with Gasteiger partial charge in [-0.3, -0.25) is 9.48 Å². The second kappa shape index (κ2) is 5.38. The van der Waals surface area contributed by atoms with Crippen LogP contribution in [0.5, 0.6) is 0 Å². The molecule has 21 heavy (non-hydrogen) atoms. The first kappa shape index (κ1) is 15.3. The SMILES string of the molecule is CC(C(=O)O)N(C(=O)Cn1ccc(C(F)(F)F)n1)C1CC1. The summed E-state index contributed by atoms with van der Waals surface area (Å²) in [7, 11) is 0. The number of hydrogen-bond acceptors (Lipinski definition) is 3. The monoisotopic (exact) mass is 305 g/mol. The van der Waals surface area contributed by atoms with Gasteiger partial charge in [-0.15, -0.1) is 0 Å². The Hall–Kier alpha value is -2.06. The Morgan fingerprint density at radius 3 is 2.57 bits per heavy atom. The van der Waals surface area contributed by atoms with Gasteiger partial charge in [0, 0.05) is 12.2 Å². The van der Waals surface area contributed by atoms with Crippen LogP contribution < -0.4 is 0 Å². The highest BCUT2D eigenvalue weighted by Crippen LogP contribution is 2.30. The maximum absolute atomic E-state index is 12.4. The van der Waals surface area contributed by atoms with Crippen molar-refractivity contribution in [3.8, 4) is 0 Å². The lowest BCUT2D eigenvalue weighted by molar-refractivity contribution is -0.150. The molecule has 9 heteroatoms. The molecule has 0 bridgehead atoms. The molecular weight excluding hydrogens is 291 g/mol. The number of carboxylic acids is 1. The summed E-state index contributed by atoms with van der Waals surface area (Å²) >= 11 is 0. The summed E-state index contributed by atoms with van der Waals surface area (Å²) in [5, 5.41) is 12.3. The fraction of sp³-hybridized carbons (Fsp3) is 0.583. The van der Waals surface area contributed by atoms with Gasteiger partial charge < -0.3 is 10.0 Å². The predicted octanol–water partition coefficient (Wildman–Crippen LogP) is 1.37. The lowest BCUT2D eigenvalue weighted by atomic mass is 10.2. The lowest BCUT2D eigenvalue weighted by Crippen LogP contribution is -2.46. The molecule has 6 nitrogen and oxygen atoms in total. The number of aromatic nitrogens is 2. The van der Waals surface area contributed by atoms with Crippen LogP contribution in [0.3, 0.4) is 0 Å². The van der Waals surface area contributed by atoms with Crippen LogP contribution in [-0.4, -0.2) is 43.7 Å². The van der Waals surface area contributed by atoms with Gasteiger partial charge in [0.05, 0.1) is 0 Å². The van der Waals surface area contributed by atoms with Gasteiger partial charge in [-0.2, -0.15) is 18.3 Å². The maximum atomic E-state index is 12.4. The number of carboxylic acid groups (broad SMARTS) is 1. The van der Waals surface area contributed by atoms with Crippen LogP contribution >= 0.6 is 0 Å². The van der Waals surface area contributed by atoms with Crippen molar-refractivity contribution < 1.29 is 27.9 Å². The largest absolute Gasteiger partial charge is 0.480 e. The fourth-order valence-corrected chi connectivity index (χ4v) is 2.03. The third-order valence-corrected chi connectivity index (χ3v) is 3.23. The van der Waals surface area contributed by atoms with E-state index in [-0.39, 0.29) is 6.04 Å². The zero-order valence-electron chi connectivity index (χ0n) is 11.2. The van der Waals surface area contributed by atoms with E-state index in [1.165, 1.54) is 11.8 Å². The highest BCUT2D eigenvalue weighted by Gasteiger charge is 2.39. The van der Waals surface area contributed by atoms with Crippen LogP contribution in [0.2, 0.25) is 0 Å². The molecule has 1 N–H and O–H groups in total. The van der Waals surface area contributed by atoms with Crippen molar-refractivity contribution in [2.24, 2.45) is 0 Å². The second-order valence-corrected chi connectivity index (χ2v) is 4.94. The molecule has 0 aromatic carbocycles. The molecule has 1 saturated carbocycles. The van der Waals surface area contributed by atoms with Crippen molar-refractivity contribution in [1.29, 1.82) is 0 Å². The van der Waals surface area contributed by atoms with E-state index in [1.807, 2.05) is 0 Å². The Kier molecular flexibility index (Phi) is 3.93. The Labute approximate surface area is 118 Å². The first-order chi connectivity index (χ1) is 9.70. The molecule has 0 spiro atoms. The summed E-state index contributed by atoms with van der Waals surface area (Å²) in [6.07, 6.45) is -2.11. The number of amides is 1. The first-order valence-electron chi connectivity index (χ1n) is 6.34. The highest BCUT2D eigenvalue weighted by atomic mass is 19.4. The van der Waals surface area contributed by atoms with Crippen molar-refractivity contribution in [2.45, 2.75) is 44.6 Å². The zero-order valence-corrected chi connectivity index (χ0v) is 11.2. The van der Waals surface area contributed by atoms with Gasteiger partial charge in [0.1, 0.15) is 12.6 Å². The number of rotatable bonds is 5. The van der Waals surface area contributed by atoms with Crippen molar-refractivity contribution in [3.05, 3.63) is 18.0 Å². The average Bonchev–Trinajstić information content (AvgIpc) is 3.06. The number of alkyl halides is 3. The zero-order chi connectivity index (χ0) is 15.8. The number of hydrogen-bond donors (Lipinski definition) is 1. The van der Waals surface area contributed by atoms with Crippen molar-refractivity contribution in [2.75, 3.05) is 0 Å². The third-order valence-electron chi connectivity index (χ3n) is 3.23. The minimum absolute atomic E-state index is 0.152. The van der Waals surface area contributed by atoms with E-state index < -0.39 is 36.3 Å². The molecule has 1 aromatic rings. The molecule has 1 aliphatic carbocycles. The molecule has 1 aromatic heterocycles. The molecule has 1 aliphatic rings. The molecule has 1 atom stereocenters. The first-order valence-corrected chi connectivity index (χ1v) is 6.34. The van der Waals surface area contributed by atoms with Crippen LogP contribution in [0.15, 0.2) is 12.3 Å². The standard InChI is InChI=1S/C12H14F3N3O3/c1-7(11(20)21)18(8-2-3-8)10(19)6-17-5-4-9(16-17)12(13,14)15/h4-5,7-8H,2-3,6H2,1H3,(H,20,21). The molecule has 1 unspecified atom stereocenters. The topological polar surface area (TPSA) is 75.4 Å². The van der Waals surface area contributed by atoms with Crippen molar-refractivity contribution >= 4 is 11.9 Å². The summed E-state index contributed by atoms with van der Waals surface area (Å²) in [6, 6.07) is -0.390. The summed E-state index contributed by atoms with van der Waals surface area (Å²) < 4.78 is 38.1. The van der Waals surface area contributed by atoms with E-state index in [9.17, 15) is 22.8 Å². The number of carbonyl (C=O) groups excluding carboxylic acids is 1. The molecule has 1 heterocycles. The highest BCUT2D eigenvalue weighted by molar-refractivity contribution is 5.83. The smallest absolute Gasteiger partial charge is 0.435 e. The van der Waals surface area contributed by atoms with Crippen LogP contribution in [0.4, 0.5) is 13.2 Å². The summed E-state index contributed by atoms with van der Waals surface area (Å²) in [5.41, 5.74) is -1.08. The van der Waals surface area contributed by atoms with Gasteiger partial charge in [-0.25, -0.2) is 4.79 Å². The van der Waals surface area contributed by atoms with Crippen LogP contribution in [0.1, 0.15) is 25.5 Å². The van der Waals surface area contributed by atoms with Gasteiger partial charge >= 0.3 is 12.1 Å². The van der Waals surface area contributed by atoms with E-state index >= 15 is 0 Å². The van der Waals surface area contributed by atoms with E-state index in [2.05, 4.69) is 5.10 Å². The van der Waals surface area contributed by atoms with Crippen LogP contribution in [0.25, 0.3) is 0 Å². The Bertz CT molecular complexity index is 551. The molecule has 2 rings (SSSR count). The Balaban J connectivity index is 2.08. The number of halogens is 3. The van der Waals surface area contributed by atoms with Gasteiger partial charge in [-0.1, -0.05) is 0 Å². The molecular formula is C12H14F3N3O3. The van der Waals surface area contributed by atoms with Gasteiger partial charge in [0.25, 0.3) is 0 Å². The van der Waals surface area contributed by atoms with E-state index in [0.717, 1.165) is 16.9 Å². The average molecular weight is 305 g/mol. The van der Waals surface area contributed by atoms with Crippen molar-refractivity contribution in [1.82, 2.24) is 14.7 Å². The van der Waals surface area contributed by atoms with Crippen LogP contribution in [0, 0.1) is 0 Å². The van der Waals surface area contributed by atoms with E-state index in [0.29, 0.717) is 12.8 Å². The predicted molar refractivity (Wildman–Crippen MR) is 64.2 cm³/mol. The molecule has 0 aliphatic heterocycles. The van der Waals surface area contributed by atoms with E-state index in [1.54, 1.807) is 0 Å². The lowest BCUT2D eigenvalue weighted by Gasteiger charge is -2.26. The fourth-order valence-electron chi connectivity index (χ4n) is 2.03. The van der Waals surface area contributed by atoms with E-state index in [4.69, 9.17) is 5.11 Å². The van der Waals surface area contributed by atoms with Gasteiger partial charge in [0.2, 0.25) is 5.91 Å². The summed E-state index contributed by atoms with van der Waals surface area (Å²) in [6.45, 7) is 0.965. The summed E-state index contributed by atoms with van der Waals surface area (Å²) in [5.74, 6) is -1.70. The second-order valence-electron chi connectivity index (χ2n) is 4.94. The maximum Gasteiger partial charge on any atom is 0.435 e. The molecule has 0 saturated heterocycles. The van der Waals surface area contributed by atoms with Crippen LogP contribution in [-0.2, 0) is 22.3 Å². The summed E-state index contributed by atoms with van der Waals surface area (Å²) in [4.78, 5) is 24.3. The van der Waals surface area contributed by atoms with Crippen molar-refractivity contribution in [3.63, 3.8) is 0 Å². The number of carbonyl (C=O) groups is 2. The minimum Gasteiger partial charge on any atom is -0.480 e.